The lowest BCUT2D eigenvalue weighted by Crippen LogP contribution is -2.21. The molecule has 0 radical (unpaired) electrons. The van der Waals surface area contributed by atoms with Crippen LogP contribution < -0.4 is 5.32 Å². The molecule has 0 unspecified atom stereocenters. The third-order valence-electron chi connectivity index (χ3n) is 2.68. The number of rotatable bonds is 4. The number of aryl methyl sites for hydroxylation is 1. The highest BCUT2D eigenvalue weighted by molar-refractivity contribution is 5.95. The molecule has 0 fully saturated rings. The quantitative estimate of drug-likeness (QED) is 0.877. The molecule has 1 aromatic carbocycles. The molecule has 2 rings (SSSR count). The summed E-state index contributed by atoms with van der Waals surface area (Å²) < 4.78 is 17.9. The molecule has 0 saturated heterocycles. The Labute approximate surface area is 120 Å². The van der Waals surface area contributed by atoms with Gasteiger partial charge in [-0.05, 0) is 36.8 Å². The molecule has 108 valence electrons. The molecule has 2 aromatic rings. The number of aromatic nitrogens is 1. The van der Waals surface area contributed by atoms with Gasteiger partial charge in [0.2, 0.25) is 0 Å². The number of ether oxygens (including phenoxy) is 1. The fourth-order valence-corrected chi connectivity index (χ4v) is 1.60. The van der Waals surface area contributed by atoms with E-state index in [0.29, 0.717) is 11.3 Å². The molecule has 21 heavy (non-hydrogen) atoms. The lowest BCUT2D eigenvalue weighted by atomic mass is 10.2. The number of anilines is 1. The number of esters is 1. The molecular weight excluding hydrogens is 275 g/mol. The van der Waals surface area contributed by atoms with Crippen molar-refractivity contribution in [2.24, 2.45) is 0 Å². The van der Waals surface area contributed by atoms with Crippen molar-refractivity contribution in [1.82, 2.24) is 4.98 Å². The smallest absolute Gasteiger partial charge is 0.357 e. The predicted octanol–water partition coefficient (Wildman–Crippen LogP) is 2.32. The second-order valence-corrected chi connectivity index (χ2v) is 4.30. The molecule has 0 aliphatic carbocycles. The minimum absolute atomic E-state index is 0.118. The van der Waals surface area contributed by atoms with Gasteiger partial charge in [-0.1, -0.05) is 12.1 Å². The number of pyridine rings is 1. The molecule has 1 heterocycles. The van der Waals surface area contributed by atoms with Crippen LogP contribution in [-0.4, -0.2) is 23.5 Å². The van der Waals surface area contributed by atoms with Crippen LogP contribution >= 0.6 is 0 Å². The Hall–Kier alpha value is -2.76. The Morgan fingerprint density at radius 1 is 1.29 bits per heavy atom. The summed E-state index contributed by atoms with van der Waals surface area (Å²) in [6.45, 7) is 1.26. The summed E-state index contributed by atoms with van der Waals surface area (Å²) in [5.41, 5.74) is 1.17. The molecule has 0 saturated carbocycles. The highest BCUT2D eigenvalue weighted by Gasteiger charge is 2.12. The van der Waals surface area contributed by atoms with Crippen LogP contribution in [0.25, 0.3) is 0 Å². The Balaban J connectivity index is 1.91. The number of hydrogen-bond donors (Lipinski definition) is 1. The van der Waals surface area contributed by atoms with E-state index in [1.807, 2.05) is 0 Å². The van der Waals surface area contributed by atoms with Gasteiger partial charge < -0.3 is 10.1 Å². The van der Waals surface area contributed by atoms with E-state index in [9.17, 15) is 14.0 Å². The molecule has 1 N–H and O–H groups in total. The SMILES string of the molecule is Cc1ccc(F)cc1NC(=O)COC(=O)c1ccccn1. The van der Waals surface area contributed by atoms with Crippen LogP contribution in [0.5, 0.6) is 0 Å². The van der Waals surface area contributed by atoms with Crippen LogP contribution in [-0.2, 0) is 9.53 Å². The lowest BCUT2D eigenvalue weighted by molar-refractivity contribution is -0.119. The number of benzene rings is 1. The average Bonchev–Trinajstić information content (AvgIpc) is 2.49. The first kappa shape index (κ1) is 14.6. The lowest BCUT2D eigenvalue weighted by Gasteiger charge is -2.08. The maximum atomic E-state index is 13.1. The zero-order chi connectivity index (χ0) is 15.2. The van der Waals surface area contributed by atoms with Crippen molar-refractivity contribution in [2.45, 2.75) is 6.92 Å². The van der Waals surface area contributed by atoms with Gasteiger partial charge in [0.25, 0.3) is 5.91 Å². The van der Waals surface area contributed by atoms with Crippen LogP contribution in [0.15, 0.2) is 42.6 Å². The van der Waals surface area contributed by atoms with Crippen LogP contribution in [0.1, 0.15) is 16.1 Å². The highest BCUT2D eigenvalue weighted by Crippen LogP contribution is 2.15. The molecule has 5 nitrogen and oxygen atoms in total. The van der Waals surface area contributed by atoms with E-state index in [0.717, 1.165) is 0 Å². The number of carbonyl (C=O) groups excluding carboxylic acids is 2. The normalized spacial score (nSPS) is 10.0. The maximum absolute atomic E-state index is 13.1. The number of amides is 1. The minimum atomic E-state index is -0.693. The van der Waals surface area contributed by atoms with Crippen LogP contribution in [0, 0.1) is 12.7 Å². The summed E-state index contributed by atoms with van der Waals surface area (Å²) in [5, 5.41) is 2.48. The number of nitrogens with zero attached hydrogens (tertiary/aromatic N) is 1. The third-order valence-corrected chi connectivity index (χ3v) is 2.68. The Kier molecular flexibility index (Phi) is 4.61. The Morgan fingerprint density at radius 3 is 2.81 bits per heavy atom. The monoisotopic (exact) mass is 288 g/mol. The van der Waals surface area contributed by atoms with Gasteiger partial charge in [-0.2, -0.15) is 0 Å². The summed E-state index contributed by atoms with van der Waals surface area (Å²) in [4.78, 5) is 27.1. The molecule has 1 amide bonds. The van der Waals surface area contributed by atoms with Crippen molar-refractivity contribution < 1.29 is 18.7 Å². The molecular formula is C15H13FN2O3. The number of carbonyl (C=O) groups is 2. The molecule has 6 heteroatoms. The van der Waals surface area contributed by atoms with Crippen molar-refractivity contribution in [3.05, 3.63) is 59.7 Å². The van der Waals surface area contributed by atoms with Gasteiger partial charge in [-0.25, -0.2) is 14.2 Å². The number of hydrogen-bond acceptors (Lipinski definition) is 4. The van der Waals surface area contributed by atoms with E-state index in [4.69, 9.17) is 4.74 Å². The Morgan fingerprint density at radius 2 is 2.10 bits per heavy atom. The molecule has 1 aromatic heterocycles. The van der Waals surface area contributed by atoms with Gasteiger partial charge >= 0.3 is 5.97 Å². The first-order valence-electron chi connectivity index (χ1n) is 6.20. The Bertz CT molecular complexity index is 659. The van der Waals surface area contributed by atoms with Crippen molar-refractivity contribution in [2.75, 3.05) is 11.9 Å². The van der Waals surface area contributed by atoms with E-state index in [1.54, 1.807) is 25.1 Å². The van der Waals surface area contributed by atoms with Crippen LogP contribution in [0.2, 0.25) is 0 Å². The summed E-state index contributed by atoms with van der Waals surface area (Å²) in [7, 11) is 0. The highest BCUT2D eigenvalue weighted by atomic mass is 19.1. The van der Waals surface area contributed by atoms with E-state index in [1.165, 1.54) is 24.4 Å². The van der Waals surface area contributed by atoms with Crippen LogP contribution in [0.3, 0.4) is 0 Å². The standard InChI is InChI=1S/C15H13FN2O3/c1-10-5-6-11(16)8-13(10)18-14(19)9-21-15(20)12-4-2-3-7-17-12/h2-8H,9H2,1H3,(H,18,19). The largest absolute Gasteiger partial charge is 0.451 e. The summed E-state index contributed by atoms with van der Waals surface area (Å²) in [6.07, 6.45) is 1.45. The van der Waals surface area contributed by atoms with Gasteiger partial charge in [0.1, 0.15) is 11.5 Å². The minimum Gasteiger partial charge on any atom is -0.451 e. The van der Waals surface area contributed by atoms with Crippen molar-refractivity contribution in [3.8, 4) is 0 Å². The van der Waals surface area contributed by atoms with E-state index >= 15 is 0 Å². The predicted molar refractivity (Wildman–Crippen MR) is 74.3 cm³/mol. The van der Waals surface area contributed by atoms with Gasteiger partial charge in [-0.3, -0.25) is 4.79 Å². The number of halogens is 1. The van der Waals surface area contributed by atoms with Gasteiger partial charge in [0, 0.05) is 11.9 Å². The van der Waals surface area contributed by atoms with Crippen molar-refractivity contribution in [3.63, 3.8) is 0 Å². The first-order valence-corrected chi connectivity index (χ1v) is 6.20. The summed E-state index contributed by atoms with van der Waals surface area (Å²) in [5.74, 6) is -1.70. The van der Waals surface area contributed by atoms with Gasteiger partial charge in [-0.15, -0.1) is 0 Å². The van der Waals surface area contributed by atoms with E-state index in [-0.39, 0.29) is 5.69 Å². The average molecular weight is 288 g/mol. The fraction of sp³-hybridized carbons (Fsp3) is 0.133. The van der Waals surface area contributed by atoms with Crippen molar-refractivity contribution in [1.29, 1.82) is 0 Å². The van der Waals surface area contributed by atoms with Gasteiger partial charge in [0.15, 0.2) is 6.61 Å². The zero-order valence-corrected chi connectivity index (χ0v) is 11.3. The molecule has 0 aliphatic rings. The van der Waals surface area contributed by atoms with E-state index < -0.39 is 24.3 Å². The molecule has 0 bridgehead atoms. The zero-order valence-electron chi connectivity index (χ0n) is 11.3. The molecule has 0 atom stereocenters. The van der Waals surface area contributed by atoms with Crippen LogP contribution in [0.4, 0.5) is 10.1 Å². The molecule has 0 spiro atoms. The van der Waals surface area contributed by atoms with E-state index in [2.05, 4.69) is 10.3 Å². The van der Waals surface area contributed by atoms with Crippen molar-refractivity contribution >= 4 is 17.6 Å². The molecule has 0 aliphatic heterocycles. The maximum Gasteiger partial charge on any atom is 0.357 e. The summed E-state index contributed by atoms with van der Waals surface area (Å²) in [6, 6.07) is 8.83. The number of nitrogens with one attached hydrogen (secondary N) is 1. The topological polar surface area (TPSA) is 68.3 Å². The first-order chi connectivity index (χ1) is 10.1. The fourth-order valence-electron chi connectivity index (χ4n) is 1.60. The summed E-state index contributed by atoms with van der Waals surface area (Å²) >= 11 is 0. The second-order valence-electron chi connectivity index (χ2n) is 4.30. The van der Waals surface area contributed by atoms with Gasteiger partial charge in [0.05, 0.1) is 0 Å². The third kappa shape index (κ3) is 4.10. The second kappa shape index (κ2) is 6.60.